The minimum Gasteiger partial charge on any atom is -0.350 e. The molecule has 0 unspecified atom stereocenters. The van der Waals surface area contributed by atoms with E-state index < -0.39 is 21.2 Å². The summed E-state index contributed by atoms with van der Waals surface area (Å²) < 4.78 is 0.858. The van der Waals surface area contributed by atoms with Crippen LogP contribution in [0.5, 0.6) is 0 Å². The SMILES string of the molecule is N#N.O=[N+]([O-])c1cccc(Nc2ccc(Br)cc2)c1[N+](=O)[O-]. The van der Waals surface area contributed by atoms with E-state index in [9.17, 15) is 20.2 Å². The maximum absolute atomic E-state index is 11.0. The van der Waals surface area contributed by atoms with Crippen molar-refractivity contribution in [2.75, 3.05) is 5.32 Å². The number of hydrogen-bond acceptors (Lipinski definition) is 7. The molecule has 0 spiro atoms. The zero-order valence-electron chi connectivity index (χ0n) is 10.8. The van der Waals surface area contributed by atoms with Crippen LogP contribution in [0.15, 0.2) is 46.9 Å². The van der Waals surface area contributed by atoms with Crippen molar-refractivity contribution in [3.63, 3.8) is 0 Å². The number of nitrogens with one attached hydrogen (secondary N) is 1. The van der Waals surface area contributed by atoms with Crippen LogP contribution in [0.25, 0.3) is 0 Å². The van der Waals surface area contributed by atoms with Gasteiger partial charge in [0.25, 0.3) is 0 Å². The predicted molar refractivity (Wildman–Crippen MR) is 80.6 cm³/mol. The molecule has 0 saturated heterocycles. The Morgan fingerprint density at radius 2 is 1.55 bits per heavy atom. The number of halogens is 1. The quantitative estimate of drug-likeness (QED) is 0.488. The molecule has 0 amide bonds. The van der Waals surface area contributed by atoms with Crippen molar-refractivity contribution in [2.45, 2.75) is 0 Å². The molecule has 9 nitrogen and oxygen atoms in total. The Bertz CT molecular complexity index is 717. The summed E-state index contributed by atoms with van der Waals surface area (Å²) in [4.78, 5) is 20.4. The molecule has 0 saturated carbocycles. The van der Waals surface area contributed by atoms with Crippen molar-refractivity contribution < 1.29 is 9.85 Å². The third kappa shape index (κ3) is 3.97. The lowest BCUT2D eigenvalue weighted by Crippen LogP contribution is -2.01. The van der Waals surface area contributed by atoms with E-state index in [-0.39, 0.29) is 5.69 Å². The number of nitro benzene ring substituents is 2. The Balaban J connectivity index is 0.00000116. The van der Waals surface area contributed by atoms with Crippen LogP contribution in [0, 0.1) is 31.0 Å². The fourth-order valence-corrected chi connectivity index (χ4v) is 1.92. The molecular weight excluding hydrogens is 358 g/mol. The highest BCUT2D eigenvalue weighted by atomic mass is 79.9. The molecule has 10 heteroatoms. The average Bonchev–Trinajstić information content (AvgIpc) is 2.51. The third-order valence-corrected chi connectivity index (χ3v) is 3.05. The van der Waals surface area contributed by atoms with Gasteiger partial charge < -0.3 is 5.32 Å². The van der Waals surface area contributed by atoms with Crippen LogP contribution in [0.1, 0.15) is 0 Å². The first-order valence-electron chi connectivity index (χ1n) is 5.63. The number of hydrogen-bond donors (Lipinski definition) is 1. The third-order valence-electron chi connectivity index (χ3n) is 2.52. The molecule has 2 aromatic carbocycles. The monoisotopic (exact) mass is 365 g/mol. The fraction of sp³-hybridized carbons (Fsp3) is 0. The van der Waals surface area contributed by atoms with Gasteiger partial charge in [0.2, 0.25) is 0 Å². The van der Waals surface area contributed by atoms with E-state index in [0.29, 0.717) is 5.69 Å². The second-order valence-electron chi connectivity index (χ2n) is 3.82. The molecule has 0 aliphatic rings. The van der Waals surface area contributed by atoms with Gasteiger partial charge in [-0.2, -0.15) is 0 Å². The lowest BCUT2D eigenvalue weighted by Gasteiger charge is -2.07. The fourth-order valence-electron chi connectivity index (χ4n) is 1.66. The Morgan fingerprint density at radius 1 is 0.955 bits per heavy atom. The highest BCUT2D eigenvalue weighted by Gasteiger charge is 2.28. The number of nitrogens with zero attached hydrogens (tertiary/aromatic N) is 4. The lowest BCUT2D eigenvalue weighted by molar-refractivity contribution is -0.421. The van der Waals surface area contributed by atoms with Gasteiger partial charge in [0.05, 0.1) is 9.85 Å². The standard InChI is InChI=1S/C12H8BrN3O4.N2/c13-8-4-6-9(7-5-8)14-10-2-1-3-11(15(17)18)12(10)16(19)20;1-2/h1-7,14H;. The molecule has 0 bridgehead atoms. The van der Waals surface area contributed by atoms with Crippen LogP contribution in [-0.2, 0) is 0 Å². The minimum absolute atomic E-state index is 0.0755. The molecule has 0 fully saturated rings. The number of nitro groups is 2. The zero-order valence-corrected chi connectivity index (χ0v) is 12.4. The van der Waals surface area contributed by atoms with Crippen LogP contribution in [0.4, 0.5) is 22.7 Å². The summed E-state index contributed by atoms with van der Waals surface area (Å²) in [7, 11) is 0. The normalized spacial score (nSPS) is 9.23. The smallest absolute Gasteiger partial charge is 0.350 e. The van der Waals surface area contributed by atoms with E-state index >= 15 is 0 Å². The van der Waals surface area contributed by atoms with Gasteiger partial charge >= 0.3 is 11.4 Å². The summed E-state index contributed by atoms with van der Waals surface area (Å²) in [5, 5.41) is 36.7. The molecule has 0 atom stereocenters. The van der Waals surface area contributed by atoms with Gasteiger partial charge in [-0.25, -0.2) is 0 Å². The maximum atomic E-state index is 11.0. The first-order chi connectivity index (χ1) is 10.5. The Morgan fingerprint density at radius 3 is 2.05 bits per heavy atom. The van der Waals surface area contributed by atoms with E-state index in [1.54, 1.807) is 24.3 Å². The van der Waals surface area contributed by atoms with Gasteiger partial charge in [0, 0.05) is 27.0 Å². The molecule has 22 heavy (non-hydrogen) atoms. The molecule has 1 N–H and O–H groups in total. The zero-order chi connectivity index (χ0) is 16.7. The molecule has 112 valence electrons. The van der Waals surface area contributed by atoms with E-state index in [4.69, 9.17) is 10.8 Å². The largest absolute Gasteiger partial charge is 0.369 e. The predicted octanol–water partition coefficient (Wildman–Crippen LogP) is 4.04. The van der Waals surface area contributed by atoms with Crippen LogP contribution in [-0.4, -0.2) is 9.85 Å². The Labute approximate surface area is 132 Å². The molecular formula is C12H8BrN5O4. The molecule has 0 aromatic heterocycles. The Kier molecular flexibility index (Phi) is 5.91. The van der Waals surface area contributed by atoms with Crippen molar-refractivity contribution >= 4 is 38.7 Å². The number of benzene rings is 2. The van der Waals surface area contributed by atoms with Crippen molar-refractivity contribution in [2.24, 2.45) is 0 Å². The highest BCUT2D eigenvalue weighted by molar-refractivity contribution is 9.10. The van der Waals surface area contributed by atoms with Crippen molar-refractivity contribution in [1.29, 1.82) is 10.8 Å². The Hall–Kier alpha value is -3.06. The van der Waals surface area contributed by atoms with E-state index in [0.717, 1.165) is 10.5 Å². The van der Waals surface area contributed by atoms with Gasteiger partial charge in [-0.05, 0) is 30.3 Å². The van der Waals surface area contributed by atoms with E-state index in [1.165, 1.54) is 12.1 Å². The van der Waals surface area contributed by atoms with Gasteiger partial charge in [0.15, 0.2) is 0 Å². The lowest BCUT2D eigenvalue weighted by atomic mass is 10.2. The highest BCUT2D eigenvalue weighted by Crippen LogP contribution is 2.36. The van der Waals surface area contributed by atoms with Crippen molar-refractivity contribution in [3.05, 3.63) is 67.2 Å². The molecule has 2 aromatic rings. The van der Waals surface area contributed by atoms with Gasteiger partial charge in [-0.1, -0.05) is 22.0 Å². The maximum Gasteiger partial charge on any atom is 0.369 e. The number of rotatable bonds is 4. The summed E-state index contributed by atoms with van der Waals surface area (Å²) in [5.74, 6) is 0. The van der Waals surface area contributed by atoms with Crippen LogP contribution in [0.3, 0.4) is 0 Å². The summed E-state index contributed by atoms with van der Waals surface area (Å²) in [5.41, 5.74) is -0.430. The minimum atomic E-state index is -0.773. The van der Waals surface area contributed by atoms with Gasteiger partial charge in [-0.3, -0.25) is 20.2 Å². The van der Waals surface area contributed by atoms with E-state index in [1.807, 2.05) is 0 Å². The van der Waals surface area contributed by atoms with Crippen LogP contribution in [0.2, 0.25) is 0 Å². The molecule has 0 heterocycles. The topological polar surface area (TPSA) is 146 Å². The molecule has 0 aliphatic heterocycles. The molecule has 0 aliphatic carbocycles. The van der Waals surface area contributed by atoms with Gasteiger partial charge in [0.1, 0.15) is 5.69 Å². The van der Waals surface area contributed by atoms with Crippen molar-refractivity contribution in [1.82, 2.24) is 0 Å². The summed E-state index contributed by atoms with van der Waals surface area (Å²) >= 11 is 3.27. The van der Waals surface area contributed by atoms with Crippen molar-refractivity contribution in [3.8, 4) is 0 Å². The second kappa shape index (κ2) is 7.65. The van der Waals surface area contributed by atoms with Crippen LogP contribution >= 0.6 is 15.9 Å². The molecule has 0 radical (unpaired) electrons. The van der Waals surface area contributed by atoms with E-state index in [2.05, 4.69) is 21.2 Å². The summed E-state index contributed by atoms with van der Waals surface area (Å²) in [6.07, 6.45) is 0. The molecule has 2 rings (SSSR count). The number of para-hydroxylation sites is 1. The summed E-state index contributed by atoms with van der Waals surface area (Å²) in [6, 6.07) is 10.8. The second-order valence-corrected chi connectivity index (χ2v) is 4.74. The average molecular weight is 366 g/mol. The first-order valence-corrected chi connectivity index (χ1v) is 6.42. The van der Waals surface area contributed by atoms with Gasteiger partial charge in [-0.15, -0.1) is 0 Å². The van der Waals surface area contributed by atoms with Crippen LogP contribution < -0.4 is 5.32 Å². The first kappa shape index (κ1) is 17.0. The summed E-state index contributed by atoms with van der Waals surface area (Å²) in [6.45, 7) is 0. The number of anilines is 2.